The van der Waals surface area contributed by atoms with E-state index in [0.29, 0.717) is 5.92 Å². The first kappa shape index (κ1) is 13.6. The number of carbonyl (C=O) groups excluding carboxylic acids is 1. The Labute approximate surface area is 115 Å². The van der Waals surface area contributed by atoms with Crippen molar-refractivity contribution >= 4 is 5.78 Å². The molecule has 0 aliphatic carbocycles. The summed E-state index contributed by atoms with van der Waals surface area (Å²) in [5.41, 5.74) is 3.90. The van der Waals surface area contributed by atoms with Gasteiger partial charge in [0.2, 0.25) is 5.78 Å². The highest BCUT2D eigenvalue weighted by molar-refractivity contribution is 6.08. The van der Waals surface area contributed by atoms with Gasteiger partial charge in [-0.25, -0.2) is 0 Å². The topological polar surface area (TPSA) is 22.0 Å². The molecule has 1 heterocycles. The number of rotatable bonds is 4. The molecule has 2 heteroatoms. The number of carbonyl (C=O) groups is 1. The largest absolute Gasteiger partial charge is 0.345 e. The van der Waals surface area contributed by atoms with Crippen molar-refractivity contribution in [2.45, 2.75) is 27.2 Å². The minimum atomic E-state index is 0.0949. The van der Waals surface area contributed by atoms with Gasteiger partial charge in [-0.3, -0.25) is 4.79 Å². The maximum atomic E-state index is 12.5. The maximum absolute atomic E-state index is 12.5. The molecule has 1 aromatic heterocycles. The van der Waals surface area contributed by atoms with Gasteiger partial charge in [-0.1, -0.05) is 43.7 Å². The van der Waals surface area contributed by atoms with Gasteiger partial charge in [-0.05, 0) is 31.4 Å². The summed E-state index contributed by atoms with van der Waals surface area (Å²) in [5.74, 6) is 0.688. The monoisotopic (exact) mass is 255 g/mol. The maximum Gasteiger partial charge on any atom is 0.209 e. The van der Waals surface area contributed by atoms with Crippen molar-refractivity contribution in [2.75, 3.05) is 0 Å². The van der Waals surface area contributed by atoms with E-state index in [1.807, 2.05) is 48.9 Å². The quantitative estimate of drug-likeness (QED) is 0.762. The van der Waals surface area contributed by atoms with Crippen molar-refractivity contribution in [2.24, 2.45) is 13.0 Å². The van der Waals surface area contributed by atoms with Crippen molar-refractivity contribution in [3.63, 3.8) is 0 Å². The smallest absolute Gasteiger partial charge is 0.209 e. The number of benzene rings is 1. The second-order valence-electron chi connectivity index (χ2n) is 5.56. The molecule has 0 spiro atoms. The van der Waals surface area contributed by atoms with Crippen LogP contribution < -0.4 is 0 Å². The van der Waals surface area contributed by atoms with Crippen molar-refractivity contribution in [1.29, 1.82) is 0 Å². The zero-order chi connectivity index (χ0) is 14.0. The van der Waals surface area contributed by atoms with Gasteiger partial charge in [0.15, 0.2) is 0 Å². The zero-order valence-corrected chi connectivity index (χ0v) is 12.1. The summed E-state index contributed by atoms with van der Waals surface area (Å²) < 4.78 is 2.02. The molecule has 100 valence electrons. The van der Waals surface area contributed by atoms with E-state index in [0.717, 1.165) is 17.7 Å². The van der Waals surface area contributed by atoms with Crippen LogP contribution in [0.1, 0.15) is 41.2 Å². The number of hydrogen-bond donors (Lipinski definition) is 0. The average Bonchev–Trinajstić information content (AvgIpc) is 2.70. The van der Waals surface area contributed by atoms with Gasteiger partial charge in [-0.15, -0.1) is 0 Å². The Bertz CT molecular complexity index is 576. The SMILES string of the molecule is Cc1ccc(C(=O)c2ccc(CC(C)C)n2C)cc1. The van der Waals surface area contributed by atoms with Gasteiger partial charge >= 0.3 is 0 Å². The molecule has 0 fully saturated rings. The highest BCUT2D eigenvalue weighted by Crippen LogP contribution is 2.16. The van der Waals surface area contributed by atoms with Gasteiger partial charge in [0.05, 0.1) is 5.69 Å². The van der Waals surface area contributed by atoms with Crippen LogP contribution in [0.4, 0.5) is 0 Å². The molecule has 0 unspecified atom stereocenters. The Hall–Kier alpha value is -1.83. The lowest BCUT2D eigenvalue weighted by Gasteiger charge is -2.09. The first-order chi connectivity index (χ1) is 8.99. The fourth-order valence-corrected chi connectivity index (χ4v) is 2.26. The molecule has 19 heavy (non-hydrogen) atoms. The van der Waals surface area contributed by atoms with E-state index in [1.165, 1.54) is 11.3 Å². The van der Waals surface area contributed by atoms with E-state index in [-0.39, 0.29) is 5.78 Å². The molecule has 0 atom stereocenters. The zero-order valence-electron chi connectivity index (χ0n) is 12.1. The molecule has 2 nitrogen and oxygen atoms in total. The van der Waals surface area contributed by atoms with Crippen molar-refractivity contribution in [1.82, 2.24) is 4.57 Å². The van der Waals surface area contributed by atoms with Crippen molar-refractivity contribution in [3.05, 3.63) is 58.9 Å². The fourth-order valence-electron chi connectivity index (χ4n) is 2.26. The van der Waals surface area contributed by atoms with E-state index in [9.17, 15) is 4.79 Å². The van der Waals surface area contributed by atoms with Gasteiger partial charge in [0, 0.05) is 18.3 Å². The molecule has 0 aliphatic heterocycles. The molecule has 2 aromatic rings. The van der Waals surface area contributed by atoms with Crippen molar-refractivity contribution < 1.29 is 4.79 Å². The van der Waals surface area contributed by atoms with Crippen LogP contribution in [0.2, 0.25) is 0 Å². The van der Waals surface area contributed by atoms with Crippen LogP contribution in [0.15, 0.2) is 36.4 Å². The van der Waals surface area contributed by atoms with E-state index in [2.05, 4.69) is 19.9 Å². The van der Waals surface area contributed by atoms with Crippen molar-refractivity contribution in [3.8, 4) is 0 Å². The summed E-state index contributed by atoms with van der Waals surface area (Å²) >= 11 is 0. The number of aryl methyl sites for hydroxylation is 1. The third kappa shape index (κ3) is 2.95. The lowest BCUT2D eigenvalue weighted by molar-refractivity contribution is 0.103. The molecule has 0 amide bonds. The summed E-state index contributed by atoms with van der Waals surface area (Å²) in [6.45, 7) is 6.40. The van der Waals surface area contributed by atoms with Gasteiger partial charge in [0.25, 0.3) is 0 Å². The number of ketones is 1. The molecule has 0 bridgehead atoms. The first-order valence-electron chi connectivity index (χ1n) is 6.75. The molecule has 0 saturated heterocycles. The third-order valence-electron chi connectivity index (χ3n) is 3.39. The van der Waals surface area contributed by atoms with Crippen LogP contribution in [0.25, 0.3) is 0 Å². The minimum Gasteiger partial charge on any atom is -0.345 e. The van der Waals surface area contributed by atoms with E-state index in [4.69, 9.17) is 0 Å². The first-order valence-corrected chi connectivity index (χ1v) is 6.75. The lowest BCUT2D eigenvalue weighted by Crippen LogP contribution is -2.10. The molecule has 0 aliphatic rings. The second kappa shape index (κ2) is 5.43. The van der Waals surface area contributed by atoms with E-state index < -0.39 is 0 Å². The van der Waals surface area contributed by atoms with E-state index in [1.54, 1.807) is 0 Å². The summed E-state index contributed by atoms with van der Waals surface area (Å²) in [7, 11) is 1.97. The van der Waals surface area contributed by atoms with Gasteiger partial charge < -0.3 is 4.57 Å². The molecule has 2 rings (SSSR count). The highest BCUT2D eigenvalue weighted by Gasteiger charge is 2.14. The second-order valence-corrected chi connectivity index (χ2v) is 5.56. The standard InChI is InChI=1S/C17H21NO/c1-12(2)11-15-9-10-16(18(15)4)17(19)14-7-5-13(3)6-8-14/h5-10,12H,11H2,1-4H3. The van der Waals surface area contributed by atoms with Crippen LogP contribution in [0.5, 0.6) is 0 Å². The Morgan fingerprint density at radius 3 is 2.32 bits per heavy atom. The molecule has 0 saturated carbocycles. The van der Waals surface area contributed by atoms with Gasteiger partial charge in [0.1, 0.15) is 0 Å². The fraction of sp³-hybridized carbons (Fsp3) is 0.353. The molecule has 0 radical (unpaired) electrons. The lowest BCUT2D eigenvalue weighted by atomic mass is 10.1. The minimum absolute atomic E-state index is 0.0949. The van der Waals surface area contributed by atoms with Crippen LogP contribution in [-0.2, 0) is 13.5 Å². The van der Waals surface area contributed by atoms with Crippen LogP contribution in [0, 0.1) is 12.8 Å². The molecule has 0 N–H and O–H groups in total. The Kier molecular flexibility index (Phi) is 3.89. The normalized spacial score (nSPS) is 11.0. The number of nitrogens with zero attached hydrogens (tertiary/aromatic N) is 1. The van der Waals surface area contributed by atoms with Gasteiger partial charge in [-0.2, -0.15) is 0 Å². The Balaban J connectivity index is 2.29. The van der Waals surface area contributed by atoms with Crippen LogP contribution in [0.3, 0.4) is 0 Å². The highest BCUT2D eigenvalue weighted by atomic mass is 16.1. The average molecular weight is 255 g/mol. The summed E-state index contributed by atoms with van der Waals surface area (Å²) in [4.78, 5) is 12.5. The Morgan fingerprint density at radius 2 is 1.74 bits per heavy atom. The van der Waals surface area contributed by atoms with Crippen LogP contribution >= 0.6 is 0 Å². The molecule has 1 aromatic carbocycles. The third-order valence-corrected chi connectivity index (χ3v) is 3.39. The summed E-state index contributed by atoms with van der Waals surface area (Å²) in [6, 6.07) is 11.7. The number of aromatic nitrogens is 1. The predicted octanol–water partition coefficient (Wildman–Crippen LogP) is 3.76. The predicted molar refractivity (Wildman–Crippen MR) is 78.6 cm³/mol. The summed E-state index contributed by atoms with van der Waals surface area (Å²) in [5, 5.41) is 0. The summed E-state index contributed by atoms with van der Waals surface area (Å²) in [6.07, 6.45) is 0.998. The van der Waals surface area contributed by atoms with Crippen LogP contribution in [-0.4, -0.2) is 10.4 Å². The molecular weight excluding hydrogens is 234 g/mol. The molecular formula is C17H21NO. The number of hydrogen-bond acceptors (Lipinski definition) is 1. The van der Waals surface area contributed by atoms with E-state index >= 15 is 0 Å². The Morgan fingerprint density at radius 1 is 1.11 bits per heavy atom.